The molecule has 0 spiro atoms. The Balaban J connectivity index is 2.21. The first-order valence-corrected chi connectivity index (χ1v) is 6.23. The van der Waals surface area contributed by atoms with Gasteiger partial charge in [0.15, 0.2) is 0 Å². The standard InChI is InChI=1S/C15H18N2O/c1-3-10-16-13-8-6-11-17-15(13)18-14-9-5-4-7-12(14)2/h4-9,11,16H,3,10H2,1-2H3. The molecule has 0 unspecified atom stereocenters. The number of ether oxygens (including phenoxy) is 1. The van der Waals surface area contributed by atoms with E-state index in [1.807, 2.05) is 43.3 Å². The van der Waals surface area contributed by atoms with Crippen LogP contribution in [0.1, 0.15) is 18.9 Å². The van der Waals surface area contributed by atoms with E-state index < -0.39 is 0 Å². The van der Waals surface area contributed by atoms with E-state index in [-0.39, 0.29) is 0 Å². The molecule has 1 aromatic carbocycles. The number of nitrogens with one attached hydrogen (secondary N) is 1. The monoisotopic (exact) mass is 242 g/mol. The van der Waals surface area contributed by atoms with Gasteiger partial charge in [-0.15, -0.1) is 0 Å². The fraction of sp³-hybridized carbons (Fsp3) is 0.267. The molecule has 94 valence electrons. The summed E-state index contributed by atoms with van der Waals surface area (Å²) in [6, 6.07) is 11.8. The Morgan fingerprint density at radius 3 is 2.78 bits per heavy atom. The largest absolute Gasteiger partial charge is 0.437 e. The van der Waals surface area contributed by atoms with Gasteiger partial charge in [0.05, 0.1) is 5.69 Å². The van der Waals surface area contributed by atoms with E-state index in [1.165, 1.54) is 0 Å². The lowest BCUT2D eigenvalue weighted by Gasteiger charge is -2.12. The van der Waals surface area contributed by atoms with Gasteiger partial charge >= 0.3 is 0 Å². The normalized spacial score (nSPS) is 10.1. The second-order valence-electron chi connectivity index (χ2n) is 4.15. The molecule has 0 atom stereocenters. The number of para-hydroxylation sites is 1. The molecule has 0 amide bonds. The Morgan fingerprint density at radius 2 is 2.00 bits per heavy atom. The summed E-state index contributed by atoms with van der Waals surface area (Å²) in [5.74, 6) is 1.47. The fourth-order valence-electron chi connectivity index (χ4n) is 1.64. The van der Waals surface area contributed by atoms with Gasteiger partial charge in [0, 0.05) is 12.7 Å². The van der Waals surface area contributed by atoms with E-state index in [4.69, 9.17) is 4.74 Å². The van der Waals surface area contributed by atoms with Crippen LogP contribution in [-0.4, -0.2) is 11.5 Å². The third-order valence-corrected chi connectivity index (χ3v) is 2.64. The minimum absolute atomic E-state index is 0.625. The average molecular weight is 242 g/mol. The molecule has 0 aliphatic heterocycles. The molecule has 0 fully saturated rings. The highest BCUT2D eigenvalue weighted by molar-refractivity contribution is 5.53. The van der Waals surface area contributed by atoms with Crippen molar-refractivity contribution >= 4 is 5.69 Å². The summed E-state index contributed by atoms with van der Waals surface area (Å²) in [7, 11) is 0. The molecule has 0 aliphatic rings. The molecule has 1 N–H and O–H groups in total. The summed E-state index contributed by atoms with van der Waals surface area (Å²) in [6.07, 6.45) is 2.81. The first-order chi connectivity index (χ1) is 8.81. The number of anilines is 1. The maximum Gasteiger partial charge on any atom is 0.242 e. The molecule has 0 radical (unpaired) electrons. The first-order valence-electron chi connectivity index (χ1n) is 6.23. The van der Waals surface area contributed by atoms with Gasteiger partial charge in [0.25, 0.3) is 0 Å². The highest BCUT2D eigenvalue weighted by Crippen LogP contribution is 2.28. The zero-order valence-electron chi connectivity index (χ0n) is 10.8. The molecule has 1 heterocycles. The lowest BCUT2D eigenvalue weighted by molar-refractivity contribution is 0.461. The number of hydrogen-bond acceptors (Lipinski definition) is 3. The van der Waals surface area contributed by atoms with Crippen LogP contribution < -0.4 is 10.1 Å². The van der Waals surface area contributed by atoms with Crippen molar-refractivity contribution in [2.75, 3.05) is 11.9 Å². The second-order valence-corrected chi connectivity index (χ2v) is 4.15. The van der Waals surface area contributed by atoms with Crippen LogP contribution in [0.5, 0.6) is 11.6 Å². The second kappa shape index (κ2) is 6.05. The summed E-state index contributed by atoms with van der Waals surface area (Å²) < 4.78 is 5.86. The van der Waals surface area contributed by atoms with Crippen molar-refractivity contribution in [2.24, 2.45) is 0 Å². The molecular weight excluding hydrogens is 224 g/mol. The third kappa shape index (κ3) is 3.00. The van der Waals surface area contributed by atoms with Crippen LogP contribution in [-0.2, 0) is 0 Å². The van der Waals surface area contributed by atoms with Gasteiger partial charge in [0.2, 0.25) is 5.88 Å². The fourth-order valence-corrected chi connectivity index (χ4v) is 1.64. The summed E-state index contributed by atoms with van der Waals surface area (Å²) in [5, 5.41) is 3.32. The lowest BCUT2D eigenvalue weighted by atomic mass is 10.2. The van der Waals surface area contributed by atoms with Crippen molar-refractivity contribution in [1.29, 1.82) is 0 Å². The minimum atomic E-state index is 0.625. The Bertz CT molecular complexity index is 511. The molecule has 0 aliphatic carbocycles. The van der Waals surface area contributed by atoms with Crippen molar-refractivity contribution in [3.05, 3.63) is 48.2 Å². The van der Waals surface area contributed by atoms with Gasteiger partial charge in [-0.05, 0) is 37.1 Å². The number of hydrogen-bond donors (Lipinski definition) is 1. The molecule has 3 heteroatoms. The topological polar surface area (TPSA) is 34.2 Å². The maximum absolute atomic E-state index is 5.86. The van der Waals surface area contributed by atoms with Gasteiger partial charge in [-0.25, -0.2) is 4.98 Å². The molecule has 2 aromatic rings. The van der Waals surface area contributed by atoms with Crippen LogP contribution in [0.2, 0.25) is 0 Å². The van der Waals surface area contributed by atoms with Crippen molar-refractivity contribution in [3.8, 4) is 11.6 Å². The highest BCUT2D eigenvalue weighted by atomic mass is 16.5. The summed E-state index contributed by atoms with van der Waals surface area (Å²) in [4.78, 5) is 4.28. The molecule has 2 rings (SSSR count). The highest BCUT2D eigenvalue weighted by Gasteiger charge is 2.06. The molecule has 0 saturated carbocycles. The quantitative estimate of drug-likeness (QED) is 0.860. The predicted molar refractivity (Wildman–Crippen MR) is 74.3 cm³/mol. The molecular formula is C15H18N2O. The Hall–Kier alpha value is -2.03. The predicted octanol–water partition coefficient (Wildman–Crippen LogP) is 4.00. The maximum atomic E-state index is 5.86. The number of aromatic nitrogens is 1. The molecule has 1 aromatic heterocycles. The number of pyridine rings is 1. The number of benzene rings is 1. The van der Waals surface area contributed by atoms with E-state index in [2.05, 4.69) is 17.2 Å². The number of rotatable bonds is 5. The van der Waals surface area contributed by atoms with Crippen molar-refractivity contribution in [3.63, 3.8) is 0 Å². The van der Waals surface area contributed by atoms with Crippen molar-refractivity contribution < 1.29 is 4.74 Å². The van der Waals surface area contributed by atoms with Crippen molar-refractivity contribution in [2.45, 2.75) is 20.3 Å². The molecule has 3 nitrogen and oxygen atoms in total. The summed E-state index contributed by atoms with van der Waals surface area (Å²) >= 11 is 0. The zero-order valence-corrected chi connectivity index (χ0v) is 10.8. The van der Waals surface area contributed by atoms with Crippen LogP contribution in [0.3, 0.4) is 0 Å². The lowest BCUT2D eigenvalue weighted by Crippen LogP contribution is -2.02. The smallest absolute Gasteiger partial charge is 0.242 e. The van der Waals surface area contributed by atoms with Gasteiger partial charge in [0.1, 0.15) is 5.75 Å². The number of aryl methyl sites for hydroxylation is 1. The van der Waals surface area contributed by atoms with Gasteiger partial charge in [-0.3, -0.25) is 0 Å². The van der Waals surface area contributed by atoms with Gasteiger partial charge in [-0.1, -0.05) is 25.1 Å². The van der Waals surface area contributed by atoms with Gasteiger partial charge in [-0.2, -0.15) is 0 Å². The third-order valence-electron chi connectivity index (χ3n) is 2.64. The van der Waals surface area contributed by atoms with Crippen LogP contribution >= 0.6 is 0 Å². The zero-order chi connectivity index (χ0) is 12.8. The first kappa shape index (κ1) is 12.4. The number of nitrogens with zero attached hydrogens (tertiary/aromatic N) is 1. The van der Waals surface area contributed by atoms with E-state index in [1.54, 1.807) is 6.20 Å². The Kier molecular flexibility index (Phi) is 4.18. The van der Waals surface area contributed by atoms with Gasteiger partial charge < -0.3 is 10.1 Å². The van der Waals surface area contributed by atoms with E-state index in [0.29, 0.717) is 5.88 Å². The van der Waals surface area contributed by atoms with Crippen LogP contribution in [0.4, 0.5) is 5.69 Å². The minimum Gasteiger partial charge on any atom is -0.437 e. The van der Waals surface area contributed by atoms with E-state index in [0.717, 1.165) is 30.0 Å². The average Bonchev–Trinajstić information content (AvgIpc) is 2.40. The SMILES string of the molecule is CCCNc1cccnc1Oc1ccccc1C. The van der Waals surface area contributed by atoms with Crippen LogP contribution in [0.15, 0.2) is 42.6 Å². The van der Waals surface area contributed by atoms with Crippen molar-refractivity contribution in [1.82, 2.24) is 4.98 Å². The summed E-state index contributed by atoms with van der Waals surface area (Å²) in [6.45, 7) is 5.07. The molecule has 0 bridgehead atoms. The Morgan fingerprint density at radius 1 is 1.17 bits per heavy atom. The molecule has 0 saturated heterocycles. The molecule has 18 heavy (non-hydrogen) atoms. The van der Waals surface area contributed by atoms with Crippen LogP contribution in [0.25, 0.3) is 0 Å². The Labute approximate surface area is 108 Å². The van der Waals surface area contributed by atoms with Crippen LogP contribution in [0, 0.1) is 6.92 Å². The van der Waals surface area contributed by atoms with E-state index in [9.17, 15) is 0 Å². The van der Waals surface area contributed by atoms with E-state index >= 15 is 0 Å². The summed E-state index contributed by atoms with van der Waals surface area (Å²) in [5.41, 5.74) is 2.03.